The Balaban J connectivity index is 1.50. The van der Waals surface area contributed by atoms with Crippen LogP contribution in [0.4, 0.5) is 18.0 Å². The highest BCUT2D eigenvalue weighted by Gasteiger charge is 2.45. The van der Waals surface area contributed by atoms with Gasteiger partial charge < -0.3 is 20.5 Å². The van der Waals surface area contributed by atoms with Gasteiger partial charge in [-0.25, -0.2) is 4.79 Å². The Morgan fingerprint density at radius 3 is 2.09 bits per heavy atom. The number of hydrogen-bond acceptors (Lipinski definition) is 4. The molecular formula is C25H27F3N2O5. The summed E-state index contributed by atoms with van der Waals surface area (Å²) >= 11 is 0. The molecule has 0 aliphatic heterocycles. The maximum absolute atomic E-state index is 13.4. The third-order valence-electron chi connectivity index (χ3n) is 5.87. The Morgan fingerprint density at radius 2 is 1.51 bits per heavy atom. The van der Waals surface area contributed by atoms with Crippen LogP contribution in [0.15, 0.2) is 48.5 Å². The lowest BCUT2D eigenvalue weighted by Gasteiger charge is -2.20. The van der Waals surface area contributed by atoms with Gasteiger partial charge in [0.05, 0.1) is 0 Å². The number of benzene rings is 2. The monoisotopic (exact) mass is 492 g/mol. The first-order chi connectivity index (χ1) is 16.7. The predicted octanol–water partition coefficient (Wildman–Crippen LogP) is 4.46. The predicted molar refractivity (Wildman–Crippen MR) is 122 cm³/mol. The van der Waals surface area contributed by atoms with Crippen molar-refractivity contribution in [3.05, 3.63) is 59.7 Å². The summed E-state index contributed by atoms with van der Waals surface area (Å²) < 4.78 is 45.4. The largest absolute Gasteiger partial charge is 0.481 e. The topological polar surface area (TPSA) is 105 Å². The molecule has 0 aromatic heterocycles. The fourth-order valence-corrected chi connectivity index (χ4v) is 4.10. The molecule has 3 N–H and O–H groups in total. The average molecular weight is 492 g/mol. The number of unbranched alkanes of at least 4 members (excludes halogenated alkanes) is 2. The number of carboxylic acids is 1. The molecule has 0 radical (unpaired) electrons. The number of alkyl halides is 3. The van der Waals surface area contributed by atoms with Crippen LogP contribution in [0, 0.1) is 5.92 Å². The molecule has 10 heteroatoms. The minimum absolute atomic E-state index is 0.0179. The summed E-state index contributed by atoms with van der Waals surface area (Å²) in [6, 6.07) is 15.3. The van der Waals surface area contributed by atoms with E-state index in [0.29, 0.717) is 19.3 Å². The lowest BCUT2D eigenvalue weighted by atomic mass is 9.98. The molecule has 35 heavy (non-hydrogen) atoms. The van der Waals surface area contributed by atoms with Crippen molar-refractivity contribution < 1.29 is 37.4 Å². The van der Waals surface area contributed by atoms with Crippen LogP contribution in [-0.4, -0.2) is 48.9 Å². The fraction of sp³-hybridized carbons (Fsp3) is 0.400. The molecule has 1 atom stereocenters. The Hall–Kier alpha value is -3.56. The smallest absolute Gasteiger partial charge is 0.407 e. The highest BCUT2D eigenvalue weighted by Crippen LogP contribution is 2.44. The molecule has 2 aromatic carbocycles. The van der Waals surface area contributed by atoms with E-state index in [1.165, 1.54) is 0 Å². The van der Waals surface area contributed by atoms with Crippen molar-refractivity contribution in [1.82, 2.24) is 10.6 Å². The molecule has 0 spiro atoms. The van der Waals surface area contributed by atoms with Crippen LogP contribution in [0.2, 0.25) is 0 Å². The number of amides is 2. The molecule has 0 saturated heterocycles. The molecule has 1 aliphatic carbocycles. The normalized spacial score (nSPS) is 13.5. The zero-order valence-corrected chi connectivity index (χ0v) is 18.9. The van der Waals surface area contributed by atoms with E-state index in [1.54, 1.807) is 0 Å². The van der Waals surface area contributed by atoms with Gasteiger partial charge in [-0.3, -0.25) is 9.59 Å². The number of carbonyl (C=O) groups excluding carboxylic acids is 2. The van der Waals surface area contributed by atoms with Gasteiger partial charge in [0.1, 0.15) is 6.61 Å². The molecular weight excluding hydrogens is 465 g/mol. The summed E-state index contributed by atoms with van der Waals surface area (Å²) in [6.07, 6.45) is -4.75. The number of carboxylic acid groups (broad SMARTS) is 1. The van der Waals surface area contributed by atoms with Crippen molar-refractivity contribution in [2.75, 3.05) is 19.7 Å². The lowest BCUT2D eigenvalue weighted by Crippen LogP contribution is -2.46. The highest BCUT2D eigenvalue weighted by atomic mass is 19.4. The van der Waals surface area contributed by atoms with Crippen molar-refractivity contribution in [1.29, 1.82) is 0 Å². The molecule has 1 aliphatic rings. The first kappa shape index (κ1) is 26.1. The molecule has 0 fully saturated rings. The number of fused-ring (bicyclic) bond motifs is 3. The van der Waals surface area contributed by atoms with Crippen LogP contribution in [0.1, 0.15) is 42.7 Å². The van der Waals surface area contributed by atoms with Crippen molar-refractivity contribution in [2.45, 2.75) is 37.8 Å². The van der Waals surface area contributed by atoms with Crippen LogP contribution in [0.25, 0.3) is 11.1 Å². The number of hydrogen-bond donors (Lipinski definition) is 3. The number of halogens is 3. The minimum Gasteiger partial charge on any atom is -0.481 e. The van der Waals surface area contributed by atoms with E-state index in [1.807, 2.05) is 48.5 Å². The van der Waals surface area contributed by atoms with E-state index >= 15 is 0 Å². The molecule has 3 rings (SSSR count). The molecule has 0 heterocycles. The summed E-state index contributed by atoms with van der Waals surface area (Å²) in [4.78, 5) is 34.7. The summed E-state index contributed by atoms with van der Waals surface area (Å²) in [5, 5.41) is 12.8. The molecule has 0 saturated carbocycles. The van der Waals surface area contributed by atoms with Crippen molar-refractivity contribution in [3.63, 3.8) is 0 Å². The molecule has 2 aromatic rings. The van der Waals surface area contributed by atoms with Gasteiger partial charge in [0, 0.05) is 25.4 Å². The first-order valence-corrected chi connectivity index (χ1v) is 11.3. The van der Waals surface area contributed by atoms with Crippen LogP contribution in [-0.2, 0) is 14.3 Å². The van der Waals surface area contributed by atoms with Gasteiger partial charge in [-0.1, -0.05) is 55.0 Å². The highest BCUT2D eigenvalue weighted by molar-refractivity contribution is 5.81. The first-order valence-electron chi connectivity index (χ1n) is 11.3. The van der Waals surface area contributed by atoms with Gasteiger partial charge in [-0.05, 0) is 35.1 Å². The number of ether oxygens (including phenoxy) is 1. The lowest BCUT2D eigenvalue weighted by molar-refractivity contribution is -0.181. The second-order valence-corrected chi connectivity index (χ2v) is 8.30. The zero-order chi connectivity index (χ0) is 25.4. The number of alkyl carbamates (subject to hydrolysis) is 1. The second kappa shape index (κ2) is 11.7. The maximum atomic E-state index is 13.4. The van der Waals surface area contributed by atoms with E-state index < -0.39 is 36.6 Å². The Morgan fingerprint density at radius 1 is 0.914 bits per heavy atom. The molecule has 0 bridgehead atoms. The van der Waals surface area contributed by atoms with Crippen LogP contribution in [0.5, 0.6) is 0 Å². The van der Waals surface area contributed by atoms with E-state index in [0.717, 1.165) is 22.3 Å². The van der Waals surface area contributed by atoms with Crippen LogP contribution in [0.3, 0.4) is 0 Å². The summed E-state index contributed by atoms with van der Waals surface area (Å²) in [5.74, 6) is -4.88. The van der Waals surface area contributed by atoms with Crippen LogP contribution < -0.4 is 10.6 Å². The summed E-state index contributed by atoms with van der Waals surface area (Å²) in [6.45, 7) is -1.03. The molecule has 7 nitrogen and oxygen atoms in total. The van der Waals surface area contributed by atoms with E-state index in [2.05, 4.69) is 10.6 Å². The van der Waals surface area contributed by atoms with Gasteiger partial charge in [0.15, 0.2) is 5.92 Å². The van der Waals surface area contributed by atoms with Crippen LogP contribution >= 0.6 is 0 Å². The summed E-state index contributed by atoms with van der Waals surface area (Å²) in [5.41, 5.74) is 3.98. The quantitative estimate of drug-likeness (QED) is 0.402. The molecule has 1 unspecified atom stereocenters. The SMILES string of the molecule is O=C(O)CCCCCNC(=O)C(CNC(=O)OCC1c2ccccc2-c2ccccc21)C(F)(F)F. The molecule has 188 valence electrons. The number of rotatable bonds is 11. The van der Waals surface area contributed by atoms with Gasteiger partial charge in [-0.2, -0.15) is 13.2 Å². The van der Waals surface area contributed by atoms with Gasteiger partial charge >= 0.3 is 18.2 Å². The van der Waals surface area contributed by atoms with E-state index in [4.69, 9.17) is 9.84 Å². The third kappa shape index (κ3) is 6.97. The van der Waals surface area contributed by atoms with Gasteiger partial charge in [-0.15, -0.1) is 0 Å². The minimum atomic E-state index is -4.86. The standard InChI is InChI=1S/C25H27F3N2O5/c26-25(27,28)21(23(33)29-13-7-1-2-12-22(31)32)14-30-24(34)35-15-20-18-10-5-3-8-16(18)17-9-4-6-11-19(17)20/h3-6,8-11,20-21H,1-2,7,12-15H2,(H,29,33)(H,30,34)(H,31,32). The fourth-order valence-electron chi connectivity index (χ4n) is 4.10. The third-order valence-corrected chi connectivity index (χ3v) is 5.87. The van der Waals surface area contributed by atoms with E-state index in [9.17, 15) is 27.6 Å². The second-order valence-electron chi connectivity index (χ2n) is 8.30. The molecule has 2 amide bonds. The van der Waals surface area contributed by atoms with Crippen molar-refractivity contribution in [3.8, 4) is 11.1 Å². The van der Waals surface area contributed by atoms with Gasteiger partial charge in [0.25, 0.3) is 0 Å². The maximum Gasteiger partial charge on any atom is 0.407 e. The van der Waals surface area contributed by atoms with Crippen molar-refractivity contribution in [2.24, 2.45) is 5.92 Å². The summed E-state index contributed by atoms with van der Waals surface area (Å²) in [7, 11) is 0. The Labute approximate surface area is 200 Å². The Kier molecular flexibility index (Phi) is 8.73. The number of carbonyl (C=O) groups is 3. The van der Waals surface area contributed by atoms with Gasteiger partial charge in [0.2, 0.25) is 5.91 Å². The zero-order valence-electron chi connectivity index (χ0n) is 18.9. The average Bonchev–Trinajstić information content (AvgIpc) is 3.13. The Bertz CT molecular complexity index is 1010. The van der Waals surface area contributed by atoms with Crippen molar-refractivity contribution >= 4 is 18.0 Å². The van der Waals surface area contributed by atoms with E-state index in [-0.39, 0.29) is 25.5 Å². The number of nitrogens with one attached hydrogen (secondary N) is 2. The number of aliphatic carboxylic acids is 1.